The maximum atomic E-state index is 14.2. The molecule has 0 radical (unpaired) electrons. The van der Waals surface area contributed by atoms with E-state index in [1.807, 2.05) is 0 Å². The molecule has 108 heavy (non-hydrogen) atoms. The minimum absolute atomic E-state index is 0. The van der Waals surface area contributed by atoms with Gasteiger partial charge >= 0.3 is 206 Å². The van der Waals surface area contributed by atoms with Crippen LogP contribution in [-0.2, 0) is 19.2 Å². The summed E-state index contributed by atoms with van der Waals surface area (Å²) in [5.74, 6) is -27.2. The molecule has 8 amide bonds. The van der Waals surface area contributed by atoms with Gasteiger partial charge in [0.1, 0.15) is 46.0 Å². The van der Waals surface area contributed by atoms with Gasteiger partial charge in [-0.25, -0.2) is 39.9 Å². The van der Waals surface area contributed by atoms with Crippen molar-refractivity contribution in [1.29, 1.82) is 0 Å². The minimum Gasteiger partial charge on any atom is -0.548 e. The Balaban J connectivity index is 0.00000257. The Labute approximate surface area is 775 Å². The van der Waals surface area contributed by atoms with E-state index in [0.717, 1.165) is 27.7 Å². The molecule has 9 aliphatic rings. The van der Waals surface area contributed by atoms with E-state index < -0.39 is 212 Å². The van der Waals surface area contributed by atoms with E-state index in [4.69, 9.17) is 37.9 Å². The summed E-state index contributed by atoms with van der Waals surface area (Å²) in [6.07, 6.45) is 0. The molecule has 40 heteroatoms. The fourth-order valence-corrected chi connectivity index (χ4v) is 13.8. The van der Waals surface area contributed by atoms with Crippen LogP contribution < -0.4 is 264 Å². The van der Waals surface area contributed by atoms with Crippen molar-refractivity contribution in [2.75, 3.05) is 0 Å². The monoisotopic (exact) mass is 1560 g/mol. The maximum absolute atomic E-state index is 14.2. The van der Waals surface area contributed by atoms with Crippen LogP contribution in [-0.4, -0.2) is 155 Å². The topological polar surface area (TPSA) is 487 Å². The van der Waals surface area contributed by atoms with Gasteiger partial charge in [-0.15, -0.1) is 0 Å². The van der Waals surface area contributed by atoms with Crippen molar-refractivity contribution < 1.29 is 321 Å². The van der Waals surface area contributed by atoms with Crippen molar-refractivity contribution in [2.24, 2.45) is 0 Å². The number of aliphatic carboxylic acids is 4. The number of hydrogen-bond acceptors (Lipinski definition) is 32. The van der Waals surface area contributed by atoms with Crippen LogP contribution in [0.15, 0.2) is 48.5 Å². The summed E-state index contributed by atoms with van der Waals surface area (Å²) in [6, 6.07) is 4.63. The molecule has 4 aromatic carbocycles. The fourth-order valence-electron chi connectivity index (χ4n) is 13.8. The predicted octanol–water partition coefficient (Wildman–Crippen LogP) is -9.69. The number of hydrogen-bond donors (Lipinski definition) is 0. The fraction of sp³-hybridized carbons (Fsp3) is 0.235. The number of carboxylic acids is 4. The second kappa shape index (κ2) is 28.4. The number of fused-ring (bicyclic) bond motifs is 8. The number of carbonyl (C=O) groups is 12. The molecule has 8 aliphatic heterocycles. The molecule has 0 spiro atoms. The SMILES string of the molecule is CC1c2cc3c4cc2Oc2nc5c(nc2Oc2cc6c(cc21)C(C)c1cc2c(cc1Oc1nc7c(nc1O6)C(=O)N([C@@H](C)C(=O)[O-])C7=O)Oc1nc6c(nc1Oc1cc(c(cc1C2C)C3C)Oc1nc2c(nc1O4)C(=O)N([C@@H](C)C(=O)[O-])C2=O)C(=O)N([C@@H](C)C(=O)[O-])C6=O)C(=O)N([C@@H](C)C(=O)[O-])C5=O.[K+].[K+].[K+].[K+]. The normalized spacial score (nSPS) is 18.9. The van der Waals surface area contributed by atoms with Gasteiger partial charge < -0.3 is 77.5 Å². The number of amides is 8. The zero-order chi connectivity index (χ0) is 73.3. The van der Waals surface area contributed by atoms with Gasteiger partial charge in [0, 0.05) is 92.4 Å². The number of rotatable bonds is 8. The first-order valence-electron chi connectivity index (χ1n) is 31.6. The summed E-state index contributed by atoms with van der Waals surface area (Å²) in [6.45, 7) is 11.0. The summed E-state index contributed by atoms with van der Waals surface area (Å²) < 4.78 is 53.9. The molecule has 12 heterocycles. The van der Waals surface area contributed by atoms with Crippen molar-refractivity contribution in [1.82, 2.24) is 59.5 Å². The van der Waals surface area contributed by atoms with Crippen LogP contribution >= 0.6 is 0 Å². The van der Waals surface area contributed by atoms with Gasteiger partial charge in [0.25, 0.3) is 94.3 Å². The van der Waals surface area contributed by atoms with Gasteiger partial charge in [0.05, 0.1) is 48.0 Å². The number of benzene rings is 4. The van der Waals surface area contributed by atoms with E-state index in [9.17, 15) is 78.0 Å². The summed E-state index contributed by atoms with van der Waals surface area (Å²) >= 11 is 0. The number of carboxylic acid groups (broad SMARTS) is 4. The van der Waals surface area contributed by atoms with Gasteiger partial charge in [-0.3, -0.25) is 58.0 Å². The Bertz CT molecular complexity index is 4680. The second-order valence-corrected chi connectivity index (χ2v) is 25.4. The standard InChI is InChI=1S/C68H44N12O24.4K/c1-17-25-9-27-18(2)29-11-31-20(4)32-12-30-19(3)28-10-26(17)34-14-36(28)100-52-54(74-46-44(72-52)60(84)79(62(46)86)23(7)67(93)94)102-38(30)16-40(32)104-56-55(75-47-48(76-56)64(88)80(63(47)87)24(8)68(95)96)103-39(31)15-37(29)101-53-51(71-43-45(73-53)61(85)78(59(43)83)22(6)66(91)92)99-35(27)13-33(25)97-49-50(98-34)70-42-41(69-49)57(81)77(58(42)82)21(5)65(89)90;;;;/h9-24H,1-8H3,(H,89,90)(H,91,92)(H,93,94)(H,95,96);;;;/q;4*+1/p-4/t17?,18?,19?,20?,21-,22-,23-,24-;;;;/m0..../s1. The maximum Gasteiger partial charge on any atom is 1.00 e. The molecule has 1 aliphatic carbocycles. The van der Waals surface area contributed by atoms with Crippen LogP contribution in [0.2, 0.25) is 0 Å². The zero-order valence-corrected chi connectivity index (χ0v) is 70.9. The number of nitrogens with zero attached hydrogens (tertiary/aromatic N) is 12. The van der Waals surface area contributed by atoms with Crippen LogP contribution in [0.3, 0.4) is 0 Å². The van der Waals surface area contributed by atoms with Crippen molar-refractivity contribution in [3.63, 3.8) is 0 Å². The molecular weight excluding hydrogens is 1530 g/mol. The molecule has 8 aromatic rings. The average Bonchev–Trinajstić information content (AvgIpc) is 1.53. The van der Waals surface area contributed by atoms with Crippen molar-refractivity contribution >= 4 is 71.1 Å². The summed E-state index contributed by atoms with van der Waals surface area (Å²) in [5, 5.41) is 49.1. The quantitative estimate of drug-likeness (QED) is 0.101. The first-order chi connectivity index (χ1) is 49.5. The molecule has 8 bridgehead atoms. The van der Waals surface area contributed by atoms with Gasteiger partial charge in [-0.05, 0) is 52.0 Å². The molecular formula is C68H40K4N12O24. The van der Waals surface area contributed by atoms with Crippen LogP contribution in [0, 0.1) is 0 Å². The number of aromatic nitrogens is 8. The van der Waals surface area contributed by atoms with Gasteiger partial charge in [-0.1, -0.05) is 27.7 Å². The third kappa shape index (κ3) is 11.9. The molecule has 0 N–H and O–H groups in total. The Morgan fingerprint density at radius 3 is 0.500 bits per heavy atom. The largest absolute Gasteiger partial charge is 1.00 e. The second-order valence-electron chi connectivity index (χ2n) is 25.4. The first-order valence-corrected chi connectivity index (χ1v) is 31.6. The van der Waals surface area contributed by atoms with E-state index in [2.05, 4.69) is 39.9 Å². The smallest absolute Gasteiger partial charge is 0.548 e. The number of carbonyl (C=O) groups excluding carboxylic acids is 12. The molecule has 36 nitrogen and oxygen atoms in total. The Kier molecular flexibility index (Phi) is 20.7. The summed E-state index contributed by atoms with van der Waals surface area (Å²) in [4.78, 5) is 200. The average molecular weight is 1570 g/mol. The third-order valence-corrected chi connectivity index (χ3v) is 19.6. The molecule has 520 valence electrons. The van der Waals surface area contributed by atoms with Crippen molar-refractivity contribution in [3.8, 4) is 93.0 Å². The Morgan fingerprint density at radius 1 is 0.269 bits per heavy atom. The summed E-state index contributed by atoms with van der Waals surface area (Å²) in [7, 11) is 0. The van der Waals surface area contributed by atoms with Gasteiger partial charge in [0.2, 0.25) is 0 Å². The van der Waals surface area contributed by atoms with E-state index in [0.29, 0.717) is 19.6 Å². The Morgan fingerprint density at radius 2 is 0.389 bits per heavy atom. The van der Waals surface area contributed by atoms with E-state index in [1.165, 1.54) is 24.3 Å². The molecule has 17 rings (SSSR count). The Hall–Kier alpha value is -7.41. The molecule has 0 fully saturated rings. The molecule has 4 aromatic heterocycles. The number of imide groups is 4. The van der Waals surface area contributed by atoms with Gasteiger partial charge in [-0.2, -0.15) is 0 Å². The minimum atomic E-state index is -1.86. The first kappa shape index (κ1) is 78.7. The van der Waals surface area contributed by atoms with Crippen LogP contribution in [0.1, 0.15) is 207 Å². The van der Waals surface area contributed by atoms with Crippen LogP contribution in [0.25, 0.3) is 0 Å². The number of ether oxygens (including phenoxy) is 8. The molecule has 0 saturated carbocycles. The third-order valence-electron chi connectivity index (χ3n) is 19.6. The summed E-state index contributed by atoms with van der Waals surface area (Å²) in [5.41, 5.74) is -3.40. The van der Waals surface area contributed by atoms with Crippen LogP contribution in [0.5, 0.6) is 93.0 Å². The van der Waals surface area contributed by atoms with Crippen LogP contribution in [0.4, 0.5) is 0 Å². The molecule has 4 atom stereocenters. The van der Waals surface area contributed by atoms with E-state index >= 15 is 0 Å². The van der Waals surface area contributed by atoms with Gasteiger partial charge in [0.15, 0.2) is 45.6 Å². The molecule has 0 unspecified atom stereocenters. The van der Waals surface area contributed by atoms with E-state index in [-0.39, 0.29) is 296 Å². The zero-order valence-electron chi connectivity index (χ0n) is 58.4. The van der Waals surface area contributed by atoms with E-state index in [1.54, 1.807) is 52.0 Å². The van der Waals surface area contributed by atoms with Crippen molar-refractivity contribution in [3.05, 3.63) is 139 Å². The van der Waals surface area contributed by atoms with Crippen molar-refractivity contribution in [2.45, 2.75) is 103 Å². The molecule has 0 saturated heterocycles. The predicted molar refractivity (Wildman–Crippen MR) is 324 cm³/mol.